The molecule has 0 amide bonds. The summed E-state index contributed by atoms with van der Waals surface area (Å²) in [7, 11) is 0. The fourth-order valence-electron chi connectivity index (χ4n) is 6.99. The maximum absolute atomic E-state index is 6.25. The largest absolute Gasteiger partial charge is 0.464 e. The number of anilines is 1. The van der Waals surface area contributed by atoms with Gasteiger partial charge in [-0.1, -0.05) is 146 Å². The van der Waals surface area contributed by atoms with Gasteiger partial charge in [0.05, 0.1) is 5.69 Å². The Morgan fingerprint density at radius 3 is 1.85 bits per heavy atom. The van der Waals surface area contributed by atoms with E-state index in [1.807, 2.05) is 24.3 Å². The van der Waals surface area contributed by atoms with E-state index in [1.165, 1.54) is 27.1 Å². The van der Waals surface area contributed by atoms with Crippen LogP contribution in [-0.2, 0) is 0 Å². The molecule has 5 nitrogen and oxygen atoms in total. The minimum Gasteiger partial charge on any atom is -0.464 e. The summed E-state index contributed by atoms with van der Waals surface area (Å²) in [5, 5.41) is 15.9. The molecule has 0 spiro atoms. The lowest BCUT2D eigenvalue weighted by molar-refractivity contribution is 0.260. The number of nitrogens with zero attached hydrogens (tertiary/aromatic N) is 1. The van der Waals surface area contributed by atoms with Gasteiger partial charge < -0.3 is 15.4 Å². The molecule has 5 heteroatoms. The predicted molar refractivity (Wildman–Crippen MR) is 191 cm³/mol. The molecule has 3 N–H and O–H groups in total. The van der Waals surface area contributed by atoms with E-state index in [-0.39, 0.29) is 18.6 Å². The highest BCUT2D eigenvalue weighted by Crippen LogP contribution is 2.44. The van der Waals surface area contributed by atoms with Crippen molar-refractivity contribution in [1.82, 2.24) is 10.6 Å². The smallest absolute Gasteiger partial charge is 0.196 e. The van der Waals surface area contributed by atoms with Gasteiger partial charge in [0.15, 0.2) is 6.23 Å². The van der Waals surface area contributed by atoms with Gasteiger partial charge in [-0.05, 0) is 50.4 Å². The summed E-state index contributed by atoms with van der Waals surface area (Å²) in [4.78, 5) is 5.41. The first kappa shape index (κ1) is 27.4. The second kappa shape index (κ2) is 11.5. The quantitative estimate of drug-likeness (QED) is 0.170. The van der Waals surface area contributed by atoms with Crippen molar-refractivity contribution in [3.05, 3.63) is 180 Å². The third-order valence-corrected chi connectivity index (χ3v) is 9.21. The number of rotatable bonds is 5. The van der Waals surface area contributed by atoms with Crippen molar-refractivity contribution < 1.29 is 4.74 Å². The van der Waals surface area contributed by atoms with Crippen LogP contribution in [0.4, 0.5) is 5.69 Å². The molecule has 3 atom stereocenters. The average Bonchev–Trinajstić information content (AvgIpc) is 3.59. The fourth-order valence-corrected chi connectivity index (χ4v) is 6.99. The van der Waals surface area contributed by atoms with Gasteiger partial charge in [0.2, 0.25) is 0 Å². The van der Waals surface area contributed by atoms with Gasteiger partial charge in [0, 0.05) is 16.7 Å². The number of benzene rings is 7. The Morgan fingerprint density at radius 2 is 1.11 bits per heavy atom. The first-order valence-electron chi connectivity index (χ1n) is 16.1. The van der Waals surface area contributed by atoms with Gasteiger partial charge in [-0.3, -0.25) is 5.32 Å². The van der Waals surface area contributed by atoms with Crippen LogP contribution in [0.3, 0.4) is 0 Å². The zero-order valence-corrected chi connectivity index (χ0v) is 25.6. The molecule has 226 valence electrons. The van der Waals surface area contributed by atoms with Gasteiger partial charge >= 0.3 is 0 Å². The number of para-hydroxylation sites is 2. The SMILES string of the molecule is c1ccc(C2=NC(c3c(-c4ccc(C5Nc6ccccc6O5)cc4)c4ccccc4c4ccccc34)NC(c3ccccc3)N2)cc1. The number of amidine groups is 1. The number of nitrogens with one attached hydrogen (secondary N) is 3. The van der Waals surface area contributed by atoms with Gasteiger partial charge in [-0.2, -0.15) is 0 Å². The zero-order valence-electron chi connectivity index (χ0n) is 25.6. The molecule has 0 aromatic heterocycles. The highest BCUT2D eigenvalue weighted by atomic mass is 16.5. The molecule has 2 heterocycles. The fraction of sp³-hybridized carbons (Fsp3) is 0.0714. The zero-order chi connectivity index (χ0) is 31.2. The first-order valence-corrected chi connectivity index (χ1v) is 16.1. The highest BCUT2D eigenvalue weighted by Gasteiger charge is 2.30. The molecule has 3 unspecified atom stereocenters. The van der Waals surface area contributed by atoms with Crippen LogP contribution >= 0.6 is 0 Å². The molecule has 47 heavy (non-hydrogen) atoms. The summed E-state index contributed by atoms with van der Waals surface area (Å²) in [6, 6.07) is 55.3. The molecule has 7 aromatic carbocycles. The maximum Gasteiger partial charge on any atom is 0.196 e. The van der Waals surface area contributed by atoms with Crippen molar-refractivity contribution in [3.63, 3.8) is 0 Å². The van der Waals surface area contributed by atoms with Crippen LogP contribution in [0.25, 0.3) is 32.7 Å². The first-order chi connectivity index (χ1) is 23.3. The monoisotopic (exact) mass is 608 g/mol. The molecular weight excluding hydrogens is 576 g/mol. The van der Waals surface area contributed by atoms with Crippen molar-refractivity contribution >= 4 is 33.1 Å². The Kier molecular flexibility index (Phi) is 6.69. The van der Waals surface area contributed by atoms with Crippen LogP contribution in [0, 0.1) is 0 Å². The standard InChI is InChI=1S/C42H32N4O/c1-3-13-28(14-4-1)39-44-40(29-15-5-2-6-16-29)46-41(45-39)38-34-20-10-8-18-32(34)31-17-7-9-19-33(31)37(38)27-23-25-30(26-24-27)42-43-35-21-11-12-22-36(35)47-42/h1-26,39,41-43,45H,(H,44,46). The van der Waals surface area contributed by atoms with E-state index in [9.17, 15) is 0 Å². The topological polar surface area (TPSA) is 57.7 Å². The second-order valence-corrected chi connectivity index (χ2v) is 12.0. The Bertz CT molecular complexity index is 2240. The number of fused-ring (bicyclic) bond motifs is 4. The van der Waals surface area contributed by atoms with E-state index in [0.717, 1.165) is 45.1 Å². The maximum atomic E-state index is 6.25. The number of ether oxygens (including phenoxy) is 1. The Balaban J connectivity index is 1.23. The number of hydrogen-bond donors (Lipinski definition) is 3. The summed E-state index contributed by atoms with van der Waals surface area (Å²) < 4.78 is 6.25. The Labute approximate surface area is 273 Å². The van der Waals surface area contributed by atoms with Crippen molar-refractivity contribution in [2.45, 2.75) is 18.6 Å². The minimum absolute atomic E-state index is 0.137. The van der Waals surface area contributed by atoms with E-state index < -0.39 is 0 Å². The summed E-state index contributed by atoms with van der Waals surface area (Å²) in [5.74, 6) is 1.74. The molecule has 9 rings (SSSR count). The van der Waals surface area contributed by atoms with Crippen molar-refractivity contribution in [3.8, 4) is 16.9 Å². The van der Waals surface area contributed by atoms with Crippen molar-refractivity contribution in [2.75, 3.05) is 5.32 Å². The lowest BCUT2D eigenvalue weighted by Crippen LogP contribution is -2.45. The normalized spacial score (nSPS) is 18.6. The van der Waals surface area contributed by atoms with Gasteiger partial charge in [0.25, 0.3) is 0 Å². The third-order valence-electron chi connectivity index (χ3n) is 9.21. The van der Waals surface area contributed by atoms with Crippen LogP contribution in [-0.4, -0.2) is 5.84 Å². The van der Waals surface area contributed by atoms with Gasteiger partial charge in [-0.25, -0.2) is 4.99 Å². The molecular formula is C42H32N4O. The van der Waals surface area contributed by atoms with Gasteiger partial charge in [-0.15, -0.1) is 0 Å². The molecule has 2 aliphatic heterocycles. The molecule has 7 aromatic rings. The summed E-state index contributed by atoms with van der Waals surface area (Å²) in [6.07, 6.45) is -0.693. The number of aliphatic imine (C=N–C) groups is 1. The number of hydrogen-bond acceptors (Lipinski definition) is 5. The molecule has 0 saturated carbocycles. The molecule has 0 fully saturated rings. The van der Waals surface area contributed by atoms with Gasteiger partial charge in [0.1, 0.15) is 23.9 Å². The third kappa shape index (κ3) is 4.89. The average molecular weight is 609 g/mol. The summed E-state index contributed by atoms with van der Waals surface area (Å²) in [5.41, 5.74) is 7.77. The second-order valence-electron chi connectivity index (χ2n) is 12.0. The molecule has 0 aliphatic carbocycles. The van der Waals surface area contributed by atoms with Crippen molar-refractivity contribution in [1.29, 1.82) is 0 Å². The Morgan fingerprint density at radius 1 is 0.489 bits per heavy atom. The highest BCUT2D eigenvalue weighted by molar-refractivity contribution is 6.16. The lowest BCUT2D eigenvalue weighted by Gasteiger charge is -2.34. The van der Waals surface area contributed by atoms with Crippen LogP contribution < -0.4 is 20.7 Å². The van der Waals surface area contributed by atoms with E-state index in [1.54, 1.807) is 0 Å². The van der Waals surface area contributed by atoms with Crippen molar-refractivity contribution in [2.24, 2.45) is 4.99 Å². The molecule has 0 bridgehead atoms. The predicted octanol–water partition coefficient (Wildman–Crippen LogP) is 9.50. The van der Waals surface area contributed by atoms with Crippen LogP contribution in [0.1, 0.15) is 40.8 Å². The van der Waals surface area contributed by atoms with E-state index in [2.05, 4.69) is 149 Å². The van der Waals surface area contributed by atoms with Crippen LogP contribution in [0.5, 0.6) is 5.75 Å². The summed E-state index contributed by atoms with van der Waals surface area (Å²) >= 11 is 0. The minimum atomic E-state index is -0.324. The van der Waals surface area contributed by atoms with E-state index in [4.69, 9.17) is 9.73 Å². The Hall–Kier alpha value is -5.91. The van der Waals surface area contributed by atoms with E-state index in [0.29, 0.717) is 0 Å². The molecule has 2 aliphatic rings. The molecule has 0 saturated heterocycles. The summed E-state index contributed by atoms with van der Waals surface area (Å²) in [6.45, 7) is 0. The molecule has 0 radical (unpaired) electrons. The van der Waals surface area contributed by atoms with Crippen LogP contribution in [0.15, 0.2) is 163 Å². The van der Waals surface area contributed by atoms with Crippen LogP contribution in [0.2, 0.25) is 0 Å². The van der Waals surface area contributed by atoms with E-state index >= 15 is 0 Å². The lowest BCUT2D eigenvalue weighted by atomic mass is 9.86.